The molecule has 3 amide bonds. The number of carbonyl (C=O) groups is 5. The number of unbranched alkanes of at least 4 members (excludes halogenated alkanes) is 2. The van der Waals surface area contributed by atoms with Gasteiger partial charge >= 0.3 is 0 Å². The lowest BCUT2D eigenvalue weighted by Crippen LogP contribution is -2.60. The minimum absolute atomic E-state index is 0.00176. The van der Waals surface area contributed by atoms with E-state index in [1.165, 1.54) is 30.4 Å². The summed E-state index contributed by atoms with van der Waals surface area (Å²) in [4.78, 5) is 61.7. The molecule has 3 aromatic rings. The number of rotatable bonds is 13. The van der Waals surface area contributed by atoms with E-state index in [1.807, 2.05) is 0 Å². The number of carbonyl (C=O) groups excluding carboxylic acids is 5. The van der Waals surface area contributed by atoms with E-state index >= 15 is 0 Å². The van der Waals surface area contributed by atoms with Crippen LogP contribution in [0.3, 0.4) is 0 Å². The Morgan fingerprint density at radius 3 is 2.41 bits per heavy atom. The Kier molecular flexibility index (Phi) is 10.9. The molecule has 2 unspecified atom stereocenters. The van der Waals surface area contributed by atoms with Crippen LogP contribution in [0.25, 0.3) is 21.5 Å². The Balaban J connectivity index is 1.29. The molecule has 6 rings (SSSR count). The number of imide groups is 1. The van der Waals surface area contributed by atoms with Crippen molar-refractivity contribution in [1.82, 2.24) is 15.8 Å². The fraction of sp³-hybridized carbons (Fsp3) is 0.432. The van der Waals surface area contributed by atoms with Crippen LogP contribution in [-0.2, 0) is 35.1 Å². The number of aliphatic hydroxyl groups excluding tert-OH is 1. The average Bonchev–Trinajstić information content (AvgIpc) is 3.46. The molecular formula is C37H42N4O13. The van der Waals surface area contributed by atoms with Crippen LogP contribution in [-0.4, -0.2) is 109 Å². The van der Waals surface area contributed by atoms with Gasteiger partial charge in [0.25, 0.3) is 11.8 Å². The zero-order chi connectivity index (χ0) is 39.1. The van der Waals surface area contributed by atoms with Crippen LogP contribution in [0.4, 0.5) is 0 Å². The van der Waals surface area contributed by atoms with Crippen LogP contribution in [0.5, 0.6) is 23.0 Å². The van der Waals surface area contributed by atoms with E-state index in [1.54, 1.807) is 6.92 Å². The molecule has 0 saturated carbocycles. The Labute approximate surface area is 307 Å². The number of aromatic hydroxyl groups is 4. The number of aldehydes is 2. The lowest BCUT2D eigenvalue weighted by Gasteiger charge is -2.44. The summed E-state index contributed by atoms with van der Waals surface area (Å²) in [6.07, 6.45) is -0.749. The molecule has 1 saturated heterocycles. The summed E-state index contributed by atoms with van der Waals surface area (Å²) in [6.45, 7) is 1.78. The van der Waals surface area contributed by atoms with Crippen LogP contribution in [0, 0.1) is 0 Å². The number of ether oxygens (including phenoxy) is 2. The number of aliphatic hydroxyl groups is 2. The lowest BCUT2D eigenvalue weighted by molar-refractivity contribution is -0.248. The molecule has 54 heavy (non-hydrogen) atoms. The summed E-state index contributed by atoms with van der Waals surface area (Å²) in [7, 11) is 0. The van der Waals surface area contributed by atoms with Gasteiger partial charge in [0.15, 0.2) is 12.6 Å². The van der Waals surface area contributed by atoms with Crippen LogP contribution in [0.15, 0.2) is 30.4 Å². The number of fused-ring (bicyclic) bond motifs is 3. The first-order valence-corrected chi connectivity index (χ1v) is 17.5. The van der Waals surface area contributed by atoms with Gasteiger partial charge < -0.3 is 50.6 Å². The Morgan fingerprint density at radius 2 is 1.74 bits per heavy atom. The largest absolute Gasteiger partial charge is 0.507 e. The van der Waals surface area contributed by atoms with Gasteiger partial charge in [-0.25, -0.2) is 5.43 Å². The van der Waals surface area contributed by atoms with Crippen molar-refractivity contribution < 1.29 is 64.1 Å². The first-order chi connectivity index (χ1) is 25.7. The van der Waals surface area contributed by atoms with Crippen molar-refractivity contribution in [3.63, 3.8) is 0 Å². The number of benzene rings is 3. The summed E-state index contributed by atoms with van der Waals surface area (Å²) in [6, 6.07) is 1.94. The molecule has 3 aliphatic rings. The van der Waals surface area contributed by atoms with Crippen molar-refractivity contribution in [3.05, 3.63) is 47.0 Å². The van der Waals surface area contributed by atoms with E-state index in [0.29, 0.717) is 31.8 Å². The van der Waals surface area contributed by atoms with Crippen LogP contribution < -0.4 is 16.6 Å². The molecule has 17 nitrogen and oxygen atoms in total. The Bertz CT molecular complexity index is 2020. The first-order valence-electron chi connectivity index (χ1n) is 17.5. The third kappa shape index (κ3) is 6.97. The summed E-state index contributed by atoms with van der Waals surface area (Å²) in [5, 5.41) is 68.0. The van der Waals surface area contributed by atoms with Gasteiger partial charge in [-0.1, -0.05) is 24.6 Å². The molecule has 0 bridgehead atoms. The normalized spacial score (nSPS) is 25.9. The molecule has 0 spiro atoms. The fourth-order valence-electron chi connectivity index (χ4n) is 7.58. The summed E-state index contributed by atoms with van der Waals surface area (Å²) < 4.78 is 12.1. The fourth-order valence-corrected chi connectivity index (χ4v) is 7.58. The zero-order valence-corrected chi connectivity index (χ0v) is 29.2. The SMILES string of the molecule is CC1O[C@@H](O[C@H]2C[C@](O)(C(C=O)NNC(=O)CCCCCN3C(=O)C=CC3=O)Cc3c2c(O)c2c(O)c4c(C=O)cccc4c(O)c2c3O)C[C@@H](N)[C@H]1O. The van der Waals surface area contributed by atoms with Crippen molar-refractivity contribution in [3.8, 4) is 23.0 Å². The highest BCUT2D eigenvalue weighted by Gasteiger charge is 2.49. The minimum atomic E-state index is -2.13. The predicted molar refractivity (Wildman–Crippen MR) is 189 cm³/mol. The van der Waals surface area contributed by atoms with Gasteiger partial charge in [-0.2, -0.15) is 0 Å². The maximum Gasteiger partial charge on any atom is 0.253 e. The minimum Gasteiger partial charge on any atom is -0.507 e. The Hall–Kier alpha value is -5.17. The maximum absolute atomic E-state index is 12.7. The van der Waals surface area contributed by atoms with E-state index < -0.39 is 107 Å². The molecule has 288 valence electrons. The third-order valence-electron chi connectivity index (χ3n) is 10.5. The Morgan fingerprint density at radius 1 is 1.04 bits per heavy atom. The summed E-state index contributed by atoms with van der Waals surface area (Å²) in [5.74, 6) is -3.83. The highest BCUT2D eigenvalue weighted by Crippen LogP contribution is 2.57. The molecule has 2 aliphatic heterocycles. The van der Waals surface area contributed by atoms with Gasteiger partial charge in [0, 0.05) is 77.9 Å². The average molecular weight is 751 g/mol. The van der Waals surface area contributed by atoms with Crippen molar-refractivity contribution in [2.45, 2.75) is 94.2 Å². The van der Waals surface area contributed by atoms with E-state index in [4.69, 9.17) is 15.2 Å². The number of phenolic OH excluding ortho intramolecular Hbond substituents is 4. The highest BCUT2D eigenvalue weighted by molar-refractivity contribution is 6.18. The standard InChI is InChI=1S/C37H42N4O13/c1-17-32(47)21(38)12-27(53-17)54-22-14-37(52,23(16-43)39-40-24(44)8-3-2-4-11-41-25(45)9-10-26(41)46)13-20-29(22)36(51)31-30(34(20)49)33(48)19-7-5-6-18(15-42)28(19)35(31)50/h5-7,9-10,15-17,21-23,27,32,39,47-52H,2-4,8,11-14,38H2,1H3,(H,40,44)/t17?,21-,22+,23?,27+,32+,37+/m1/s1. The smallest absolute Gasteiger partial charge is 0.253 e. The molecule has 3 aromatic carbocycles. The van der Waals surface area contributed by atoms with E-state index in [-0.39, 0.29) is 46.8 Å². The molecule has 10 N–H and O–H groups in total. The molecule has 17 heteroatoms. The number of nitrogens with two attached hydrogens (primary N) is 1. The van der Waals surface area contributed by atoms with Gasteiger partial charge in [0.2, 0.25) is 5.91 Å². The second kappa shape index (κ2) is 15.3. The predicted octanol–water partition coefficient (Wildman–Crippen LogP) is 0.860. The maximum atomic E-state index is 12.7. The lowest BCUT2D eigenvalue weighted by atomic mass is 9.73. The number of nitrogens with one attached hydrogen (secondary N) is 2. The van der Waals surface area contributed by atoms with E-state index in [0.717, 1.165) is 4.90 Å². The van der Waals surface area contributed by atoms with Crippen molar-refractivity contribution in [2.24, 2.45) is 5.73 Å². The molecule has 0 aromatic heterocycles. The quantitative estimate of drug-likeness (QED) is 0.0293. The number of hydrogen-bond donors (Lipinski definition) is 9. The van der Waals surface area contributed by atoms with Crippen molar-refractivity contribution in [2.75, 3.05) is 6.54 Å². The second-order valence-corrected chi connectivity index (χ2v) is 14.0. The van der Waals surface area contributed by atoms with Crippen molar-refractivity contribution >= 4 is 51.8 Å². The number of phenols is 4. The molecule has 1 aliphatic carbocycles. The third-order valence-corrected chi connectivity index (χ3v) is 10.5. The number of amides is 3. The molecule has 1 fully saturated rings. The second-order valence-electron chi connectivity index (χ2n) is 14.0. The van der Waals surface area contributed by atoms with Gasteiger partial charge in [0.1, 0.15) is 35.3 Å². The first kappa shape index (κ1) is 38.6. The van der Waals surface area contributed by atoms with E-state index in [9.17, 15) is 54.6 Å². The molecule has 2 heterocycles. The molecule has 0 radical (unpaired) electrons. The van der Waals surface area contributed by atoms with E-state index in [2.05, 4.69) is 10.9 Å². The van der Waals surface area contributed by atoms with Crippen LogP contribution in [0.1, 0.15) is 73.0 Å². The highest BCUT2D eigenvalue weighted by atomic mass is 16.7. The molecular weight excluding hydrogens is 708 g/mol. The van der Waals surface area contributed by atoms with Crippen molar-refractivity contribution in [1.29, 1.82) is 0 Å². The molecule has 7 atom stereocenters. The van der Waals surface area contributed by atoms with Gasteiger partial charge in [-0.05, 0) is 19.8 Å². The van der Waals surface area contributed by atoms with Crippen LogP contribution in [0.2, 0.25) is 0 Å². The van der Waals surface area contributed by atoms with Crippen LogP contribution >= 0.6 is 0 Å². The zero-order valence-electron chi connectivity index (χ0n) is 29.2. The summed E-state index contributed by atoms with van der Waals surface area (Å²) in [5.41, 5.74) is 8.68. The number of hydrazine groups is 1. The summed E-state index contributed by atoms with van der Waals surface area (Å²) >= 11 is 0. The number of hydrogen-bond acceptors (Lipinski definition) is 15. The van der Waals surface area contributed by atoms with Gasteiger partial charge in [-0.15, -0.1) is 0 Å². The topological polar surface area (TPSA) is 279 Å². The monoisotopic (exact) mass is 750 g/mol. The van der Waals surface area contributed by atoms with Gasteiger partial charge in [-0.3, -0.25) is 29.5 Å². The number of nitrogens with zero attached hydrogens (tertiary/aromatic N) is 1. The van der Waals surface area contributed by atoms with Gasteiger partial charge in [0.05, 0.1) is 34.7 Å².